The number of nitrogens with zero attached hydrogens (tertiary/aromatic N) is 4. The molecule has 0 aliphatic rings. The molecular formula is C20H15N5O4. The summed E-state index contributed by atoms with van der Waals surface area (Å²) in [6.07, 6.45) is 4.27. The van der Waals surface area contributed by atoms with E-state index in [1.54, 1.807) is 28.9 Å². The summed E-state index contributed by atoms with van der Waals surface area (Å²) in [5.41, 5.74) is 2.67. The van der Waals surface area contributed by atoms with Gasteiger partial charge in [-0.2, -0.15) is 0 Å². The summed E-state index contributed by atoms with van der Waals surface area (Å²) in [4.78, 5) is 30.9. The minimum absolute atomic E-state index is 0.0103. The molecule has 0 saturated heterocycles. The number of nitrogens with one attached hydrogen (secondary N) is 1. The number of hydrogen-bond acceptors (Lipinski definition) is 6. The Morgan fingerprint density at radius 1 is 1.10 bits per heavy atom. The third-order valence-corrected chi connectivity index (χ3v) is 4.14. The van der Waals surface area contributed by atoms with E-state index >= 15 is 0 Å². The Kier molecular flexibility index (Phi) is 4.85. The lowest BCUT2D eigenvalue weighted by Gasteiger charge is -2.07. The van der Waals surface area contributed by atoms with E-state index in [0.29, 0.717) is 17.2 Å². The zero-order valence-electron chi connectivity index (χ0n) is 15.1. The largest absolute Gasteiger partial charge is 0.444 e. The maximum atomic E-state index is 12.0. The first-order valence-corrected chi connectivity index (χ1v) is 8.66. The third kappa shape index (κ3) is 4.19. The predicted octanol–water partition coefficient (Wildman–Crippen LogP) is 4.05. The van der Waals surface area contributed by atoms with Gasteiger partial charge in [0.1, 0.15) is 6.61 Å². The molecule has 2 heterocycles. The van der Waals surface area contributed by atoms with Gasteiger partial charge in [-0.15, -0.1) is 0 Å². The van der Waals surface area contributed by atoms with Gasteiger partial charge in [0.25, 0.3) is 5.69 Å². The van der Waals surface area contributed by atoms with Crippen molar-refractivity contribution in [3.05, 3.63) is 88.9 Å². The van der Waals surface area contributed by atoms with Gasteiger partial charge >= 0.3 is 6.09 Å². The second kappa shape index (κ2) is 7.77. The van der Waals surface area contributed by atoms with E-state index in [1.165, 1.54) is 18.3 Å². The number of rotatable bonds is 5. The van der Waals surface area contributed by atoms with Crippen LogP contribution in [0.5, 0.6) is 0 Å². The van der Waals surface area contributed by atoms with E-state index < -0.39 is 11.0 Å². The van der Waals surface area contributed by atoms with Crippen LogP contribution in [0.15, 0.2) is 73.2 Å². The fourth-order valence-corrected chi connectivity index (χ4v) is 2.72. The van der Waals surface area contributed by atoms with Crippen LogP contribution >= 0.6 is 0 Å². The smallest absolute Gasteiger partial charge is 0.412 e. The molecule has 0 spiro atoms. The van der Waals surface area contributed by atoms with E-state index in [4.69, 9.17) is 4.74 Å². The zero-order valence-corrected chi connectivity index (χ0v) is 15.1. The summed E-state index contributed by atoms with van der Waals surface area (Å²) in [5.74, 6) is 0.432. The topological polar surface area (TPSA) is 112 Å². The fraction of sp³-hybridized carbons (Fsp3) is 0.0500. The predicted molar refractivity (Wildman–Crippen MR) is 105 cm³/mol. The van der Waals surface area contributed by atoms with Crippen LogP contribution in [0, 0.1) is 10.1 Å². The van der Waals surface area contributed by atoms with Gasteiger partial charge in [0.2, 0.25) is 5.78 Å². The van der Waals surface area contributed by atoms with Crippen molar-refractivity contribution < 1.29 is 14.5 Å². The molecule has 2 aromatic carbocycles. The van der Waals surface area contributed by atoms with E-state index in [1.807, 2.05) is 30.3 Å². The molecule has 2 aromatic heterocycles. The van der Waals surface area contributed by atoms with Crippen molar-refractivity contribution in [1.82, 2.24) is 14.4 Å². The Morgan fingerprint density at radius 3 is 2.59 bits per heavy atom. The van der Waals surface area contributed by atoms with Gasteiger partial charge in [0, 0.05) is 30.1 Å². The molecule has 4 aromatic rings. The molecule has 0 aliphatic carbocycles. The highest BCUT2D eigenvalue weighted by molar-refractivity contribution is 5.84. The summed E-state index contributed by atoms with van der Waals surface area (Å²) in [5, 5.41) is 13.4. The molecule has 144 valence electrons. The van der Waals surface area contributed by atoms with E-state index in [0.717, 1.165) is 11.1 Å². The molecule has 1 amide bonds. The van der Waals surface area contributed by atoms with E-state index in [9.17, 15) is 14.9 Å². The summed E-state index contributed by atoms with van der Waals surface area (Å²) < 4.78 is 6.85. The standard InChI is InChI=1S/C20H15N5O4/c26-20(29-13-14-4-2-1-3-5-14)22-16-10-21-19-23-18(12-24(19)11-16)15-6-8-17(9-7-15)25(27)28/h1-12H,13H2,(H,22,26). The molecule has 0 atom stereocenters. The van der Waals surface area contributed by atoms with Crippen LogP contribution in [0.25, 0.3) is 17.0 Å². The Morgan fingerprint density at radius 2 is 1.86 bits per heavy atom. The van der Waals surface area contributed by atoms with Gasteiger partial charge < -0.3 is 4.74 Å². The molecule has 9 heteroatoms. The number of amides is 1. The summed E-state index contributed by atoms with van der Waals surface area (Å²) in [6.45, 7) is 0.164. The molecule has 0 fully saturated rings. The van der Waals surface area contributed by atoms with Gasteiger partial charge in [0.15, 0.2) is 0 Å². The van der Waals surface area contributed by atoms with Crippen LogP contribution in [0.3, 0.4) is 0 Å². The lowest BCUT2D eigenvalue weighted by molar-refractivity contribution is -0.384. The maximum absolute atomic E-state index is 12.0. The highest BCUT2D eigenvalue weighted by atomic mass is 16.6. The van der Waals surface area contributed by atoms with Crippen molar-refractivity contribution in [2.75, 3.05) is 5.32 Å². The van der Waals surface area contributed by atoms with Gasteiger partial charge in [-0.05, 0) is 17.7 Å². The van der Waals surface area contributed by atoms with Crippen LogP contribution < -0.4 is 5.32 Å². The Bertz CT molecular complexity index is 1170. The number of ether oxygens (including phenoxy) is 1. The van der Waals surface area contributed by atoms with Gasteiger partial charge in [-0.3, -0.25) is 19.8 Å². The highest BCUT2D eigenvalue weighted by Crippen LogP contribution is 2.22. The molecule has 0 aliphatic heterocycles. The van der Waals surface area contributed by atoms with Crippen LogP contribution in [0.1, 0.15) is 5.56 Å². The first-order valence-electron chi connectivity index (χ1n) is 8.66. The van der Waals surface area contributed by atoms with Crippen LogP contribution in [0.4, 0.5) is 16.2 Å². The SMILES string of the molecule is O=C(Nc1cnc2nc(-c3ccc([N+](=O)[O-])cc3)cn2c1)OCc1ccccc1. The van der Waals surface area contributed by atoms with Gasteiger partial charge in [-0.1, -0.05) is 30.3 Å². The van der Waals surface area contributed by atoms with Gasteiger partial charge in [0.05, 0.1) is 22.5 Å². The third-order valence-electron chi connectivity index (χ3n) is 4.14. The molecule has 29 heavy (non-hydrogen) atoms. The van der Waals surface area contributed by atoms with E-state index in [2.05, 4.69) is 15.3 Å². The first kappa shape index (κ1) is 18.1. The van der Waals surface area contributed by atoms with Crippen LogP contribution in [-0.2, 0) is 11.3 Å². The Balaban J connectivity index is 1.46. The first-order chi connectivity index (χ1) is 14.1. The van der Waals surface area contributed by atoms with Crippen molar-refractivity contribution in [3.63, 3.8) is 0 Å². The minimum Gasteiger partial charge on any atom is -0.444 e. The van der Waals surface area contributed by atoms with Crippen molar-refractivity contribution in [3.8, 4) is 11.3 Å². The number of nitro benzene ring substituents is 1. The number of nitro groups is 1. The molecule has 4 rings (SSSR count). The molecule has 0 radical (unpaired) electrons. The fourth-order valence-electron chi connectivity index (χ4n) is 2.72. The second-order valence-corrected chi connectivity index (χ2v) is 6.17. The van der Waals surface area contributed by atoms with Crippen LogP contribution in [-0.4, -0.2) is 25.4 Å². The summed E-state index contributed by atoms with van der Waals surface area (Å²) in [7, 11) is 0. The van der Waals surface area contributed by atoms with Crippen molar-refractivity contribution in [2.45, 2.75) is 6.61 Å². The Hall–Kier alpha value is -4.27. The molecular weight excluding hydrogens is 374 g/mol. The lowest BCUT2D eigenvalue weighted by Crippen LogP contribution is -2.14. The Labute approximate surface area is 164 Å². The van der Waals surface area contributed by atoms with Crippen molar-refractivity contribution in [1.29, 1.82) is 0 Å². The summed E-state index contributed by atoms with van der Waals surface area (Å²) in [6, 6.07) is 15.5. The molecule has 9 nitrogen and oxygen atoms in total. The average molecular weight is 389 g/mol. The zero-order chi connectivity index (χ0) is 20.2. The number of anilines is 1. The number of hydrogen-bond donors (Lipinski definition) is 1. The molecule has 0 bridgehead atoms. The quantitative estimate of drug-likeness (QED) is 0.407. The number of aromatic nitrogens is 3. The molecule has 1 N–H and O–H groups in total. The monoisotopic (exact) mass is 389 g/mol. The molecule has 0 unspecified atom stereocenters. The van der Waals surface area contributed by atoms with E-state index in [-0.39, 0.29) is 12.3 Å². The number of fused-ring (bicyclic) bond motifs is 1. The number of benzene rings is 2. The molecule has 0 saturated carbocycles. The number of non-ortho nitro benzene ring substituents is 1. The number of carbonyl (C=O) groups excluding carboxylic acids is 1. The van der Waals surface area contributed by atoms with Crippen LogP contribution in [0.2, 0.25) is 0 Å². The normalized spacial score (nSPS) is 10.6. The van der Waals surface area contributed by atoms with Crippen molar-refractivity contribution in [2.24, 2.45) is 0 Å². The minimum atomic E-state index is -0.592. The van der Waals surface area contributed by atoms with Crippen molar-refractivity contribution >= 4 is 23.2 Å². The number of imidazole rings is 1. The maximum Gasteiger partial charge on any atom is 0.412 e. The summed E-state index contributed by atoms with van der Waals surface area (Å²) >= 11 is 0. The average Bonchev–Trinajstić information content (AvgIpc) is 3.16. The number of carbonyl (C=O) groups is 1. The highest BCUT2D eigenvalue weighted by Gasteiger charge is 2.10. The lowest BCUT2D eigenvalue weighted by atomic mass is 10.1. The van der Waals surface area contributed by atoms with Gasteiger partial charge in [-0.25, -0.2) is 14.8 Å². The second-order valence-electron chi connectivity index (χ2n) is 6.17.